The number of hydrogen-bond acceptors (Lipinski definition) is 6. The molecule has 0 aliphatic heterocycles. The highest BCUT2D eigenvalue weighted by Gasteiger charge is 2.19. The second-order valence-electron chi connectivity index (χ2n) is 5.10. The van der Waals surface area contributed by atoms with Crippen LogP contribution in [0.2, 0.25) is 0 Å². The molecule has 7 nitrogen and oxygen atoms in total. The van der Waals surface area contributed by atoms with Crippen LogP contribution in [0.3, 0.4) is 0 Å². The van der Waals surface area contributed by atoms with E-state index in [2.05, 4.69) is 10.4 Å². The zero-order valence-electron chi connectivity index (χ0n) is 14.6. The highest BCUT2D eigenvalue weighted by atomic mass is 32.1. The summed E-state index contributed by atoms with van der Waals surface area (Å²) in [5.74, 6) is 0.682. The first-order chi connectivity index (χ1) is 12.0. The minimum Gasteiger partial charge on any atom is -0.488 e. The van der Waals surface area contributed by atoms with Gasteiger partial charge in [-0.25, -0.2) is 4.79 Å². The molecule has 0 amide bonds. The van der Waals surface area contributed by atoms with Crippen molar-refractivity contribution in [1.82, 2.24) is 19.8 Å². The summed E-state index contributed by atoms with van der Waals surface area (Å²) in [6.07, 6.45) is 0. The predicted molar refractivity (Wildman–Crippen MR) is 91.2 cm³/mol. The molecule has 0 aliphatic carbocycles. The molecule has 0 atom stereocenters. The van der Waals surface area contributed by atoms with Gasteiger partial charge in [0.05, 0.1) is 19.2 Å². The quantitative estimate of drug-likeness (QED) is 0.684. The summed E-state index contributed by atoms with van der Waals surface area (Å²) in [6, 6.07) is 5.61. The van der Waals surface area contributed by atoms with Crippen LogP contribution >= 0.6 is 11.3 Å². The molecule has 126 valence electrons. The third-order valence-electron chi connectivity index (χ3n) is 3.45. The summed E-state index contributed by atoms with van der Waals surface area (Å²) in [6.45, 7) is 4.51. The Morgan fingerprint density at radius 1 is 1.33 bits per heavy atom. The van der Waals surface area contributed by atoms with E-state index in [-0.39, 0.29) is 12.3 Å². The van der Waals surface area contributed by atoms with E-state index < -0.39 is 0 Å². The maximum Gasteiger partial charge on any atom is 0.368 e. The highest BCUT2D eigenvalue weighted by Crippen LogP contribution is 2.33. The lowest BCUT2D eigenvalue weighted by Crippen LogP contribution is -2.22. The average Bonchev–Trinajstić information content (AvgIpc) is 3.11. The number of benzene rings is 1. The zero-order valence-corrected chi connectivity index (χ0v) is 14.5. The van der Waals surface area contributed by atoms with Crippen LogP contribution in [0.25, 0.3) is 5.69 Å². The van der Waals surface area contributed by atoms with Gasteiger partial charge in [0.1, 0.15) is 12.4 Å². The van der Waals surface area contributed by atoms with E-state index in [1.165, 1.54) is 20.7 Å². The van der Waals surface area contributed by atoms with Crippen LogP contribution in [0, 0.1) is 6.92 Å². The van der Waals surface area contributed by atoms with Crippen molar-refractivity contribution in [3.63, 3.8) is 0 Å². The predicted octanol–water partition coefficient (Wildman–Crippen LogP) is 2.31. The number of hydrogen-bond donors (Lipinski definition) is 0. The van der Waals surface area contributed by atoms with Crippen LogP contribution in [0.4, 0.5) is 0 Å². The lowest BCUT2D eigenvalue weighted by molar-refractivity contribution is 0.288. The number of aromatic nitrogens is 4. The van der Waals surface area contributed by atoms with Gasteiger partial charge in [-0.15, -0.1) is 11.3 Å². The summed E-state index contributed by atoms with van der Waals surface area (Å²) >= 11 is 1.39. The smallest absolute Gasteiger partial charge is 0.368 e. The van der Waals surface area contributed by atoms with Crippen molar-refractivity contribution in [3.8, 4) is 16.5 Å². The van der Waals surface area contributed by atoms with Crippen molar-refractivity contribution in [2.45, 2.75) is 20.5 Å². The van der Waals surface area contributed by atoms with Crippen LogP contribution in [-0.2, 0) is 13.7 Å². The monoisotopic (exact) mass is 348 g/mol. The Morgan fingerprint density at radius 3 is 2.83 bits per heavy atom. The Hall–Kier alpha value is -2.61. The van der Waals surface area contributed by atoms with Crippen LogP contribution in [0.5, 0.6) is 10.8 Å². The molecule has 0 fully saturated rings. The van der Waals surface area contributed by atoms with Crippen LogP contribution < -0.4 is 15.2 Å². The first-order valence-corrected chi connectivity index (χ1v) is 8.31. The number of para-hydroxylation sites is 1. The molecule has 8 heteroatoms. The molecule has 0 saturated heterocycles. The van der Waals surface area contributed by atoms with Crippen LogP contribution in [0.15, 0.2) is 34.4 Å². The molecule has 0 spiro atoms. The van der Waals surface area contributed by atoms with Crippen LogP contribution in [-0.4, -0.2) is 26.4 Å². The van der Waals surface area contributed by atoms with Crippen molar-refractivity contribution in [3.05, 3.63) is 51.2 Å². The molecule has 24 heavy (non-hydrogen) atoms. The van der Waals surface area contributed by atoms with E-state index in [1.807, 2.05) is 13.8 Å². The fourth-order valence-corrected chi connectivity index (χ4v) is 3.15. The number of rotatable bonds is 6. The molecule has 3 aromatic rings. The van der Waals surface area contributed by atoms with Crippen LogP contribution in [0.1, 0.15) is 19.4 Å². The number of aryl methyl sites for hydroxylation is 2. The first-order valence-electron chi connectivity index (χ1n) is 7.93. The SMILES string of the molecule is [3H]c1ccc(OCc2c(-n3nnn(C)c3=O)csc2OCC)c(C)c1. The number of thiophene rings is 1. The van der Waals surface area contributed by atoms with Gasteiger partial charge in [0.2, 0.25) is 0 Å². The normalized spacial score (nSPS) is 11.4. The average molecular weight is 348 g/mol. The van der Waals surface area contributed by atoms with E-state index in [0.29, 0.717) is 29.1 Å². The standard InChI is InChI=1S/C16H18N4O3S/c1-4-22-15-12(9-23-14-8-6-5-7-11(14)2)13(10-24-15)20-16(21)19(3)17-18-20/h5-8,10H,4,9H2,1-3H3/i5T. The summed E-state index contributed by atoms with van der Waals surface area (Å²) in [7, 11) is 1.55. The minimum absolute atomic E-state index is 0.218. The highest BCUT2D eigenvalue weighted by molar-refractivity contribution is 7.12. The Morgan fingerprint density at radius 2 is 2.17 bits per heavy atom. The lowest BCUT2D eigenvalue weighted by atomic mass is 10.2. The molecular formula is C16H18N4O3S. The molecule has 0 unspecified atom stereocenters. The first kappa shape index (κ1) is 14.9. The summed E-state index contributed by atoms with van der Waals surface area (Å²) in [5, 5.41) is 10.1. The van der Waals surface area contributed by atoms with Crippen molar-refractivity contribution in [2.24, 2.45) is 7.05 Å². The molecule has 0 radical (unpaired) electrons. The Balaban J connectivity index is 1.94. The Bertz CT molecular complexity index is 947. The maximum atomic E-state index is 12.2. The van der Waals surface area contributed by atoms with Gasteiger partial charge in [-0.2, -0.15) is 9.36 Å². The Labute approximate surface area is 144 Å². The summed E-state index contributed by atoms with van der Waals surface area (Å²) < 4.78 is 21.6. The van der Waals surface area contributed by atoms with Crippen molar-refractivity contribution >= 4 is 11.3 Å². The van der Waals surface area contributed by atoms with Crippen molar-refractivity contribution in [2.75, 3.05) is 6.61 Å². The zero-order chi connectivity index (χ0) is 18.0. The van der Waals surface area contributed by atoms with E-state index in [1.54, 1.807) is 30.6 Å². The molecule has 3 rings (SSSR count). The number of ether oxygens (including phenoxy) is 2. The topological polar surface area (TPSA) is 71.2 Å². The fourth-order valence-electron chi connectivity index (χ4n) is 2.20. The van der Waals surface area contributed by atoms with Crippen molar-refractivity contribution in [1.29, 1.82) is 0 Å². The molecule has 1 aromatic carbocycles. The molecule has 2 heterocycles. The van der Waals surface area contributed by atoms with E-state index in [9.17, 15) is 4.79 Å². The van der Waals surface area contributed by atoms with E-state index in [0.717, 1.165) is 11.1 Å². The fraction of sp³-hybridized carbons (Fsp3) is 0.312. The van der Waals surface area contributed by atoms with Crippen molar-refractivity contribution < 1.29 is 10.8 Å². The summed E-state index contributed by atoms with van der Waals surface area (Å²) in [5.41, 5.74) is 1.88. The number of nitrogens with zero attached hydrogens (tertiary/aromatic N) is 4. The molecule has 2 aromatic heterocycles. The third-order valence-corrected chi connectivity index (χ3v) is 4.37. The van der Waals surface area contributed by atoms with Gasteiger partial charge in [-0.05, 0) is 35.9 Å². The van der Waals surface area contributed by atoms with Gasteiger partial charge in [0, 0.05) is 12.4 Å². The molecule has 0 aliphatic rings. The van der Waals surface area contributed by atoms with Gasteiger partial charge in [-0.3, -0.25) is 0 Å². The number of tetrazole rings is 1. The second-order valence-corrected chi connectivity index (χ2v) is 5.94. The molecule has 0 saturated carbocycles. The molecule has 0 bridgehead atoms. The second kappa shape index (κ2) is 6.88. The maximum absolute atomic E-state index is 12.2. The van der Waals surface area contributed by atoms with Gasteiger partial charge in [-0.1, -0.05) is 18.2 Å². The Kier molecular flexibility index (Phi) is 4.28. The largest absolute Gasteiger partial charge is 0.488 e. The van der Waals surface area contributed by atoms with Gasteiger partial charge >= 0.3 is 5.69 Å². The molecule has 0 N–H and O–H groups in total. The third kappa shape index (κ3) is 3.05. The van der Waals surface area contributed by atoms with E-state index in [4.69, 9.17) is 10.8 Å². The van der Waals surface area contributed by atoms with Gasteiger partial charge < -0.3 is 9.47 Å². The molecular weight excluding hydrogens is 328 g/mol. The van der Waals surface area contributed by atoms with Gasteiger partial charge in [0.15, 0.2) is 5.06 Å². The minimum atomic E-state index is -0.336. The van der Waals surface area contributed by atoms with E-state index >= 15 is 0 Å². The van der Waals surface area contributed by atoms with Gasteiger partial charge in [0.25, 0.3) is 0 Å². The summed E-state index contributed by atoms with van der Waals surface area (Å²) in [4.78, 5) is 12.2. The lowest BCUT2D eigenvalue weighted by Gasteiger charge is -2.11.